The maximum absolute atomic E-state index is 13.8. The fourth-order valence-corrected chi connectivity index (χ4v) is 8.27. The molecule has 2 nitrogen and oxygen atoms in total. The molecule has 0 saturated heterocycles. The smallest absolute Gasteiger partial charge is 0.380 e. The molecule has 152 valence electrons. The summed E-state index contributed by atoms with van der Waals surface area (Å²) in [6.07, 6.45) is -1.19. The number of carbonyl (C=O) groups excluding carboxylic acids is 1. The molecule has 4 aliphatic carbocycles. The molecule has 3 saturated carbocycles. The lowest BCUT2D eigenvalue weighted by Crippen LogP contribution is -2.61. The summed E-state index contributed by atoms with van der Waals surface area (Å²) in [6, 6.07) is 0. The van der Waals surface area contributed by atoms with Gasteiger partial charge in [-0.2, -0.15) is 13.2 Å². The van der Waals surface area contributed by atoms with Gasteiger partial charge in [0.05, 0.1) is 4.48 Å². The molecule has 1 N–H and O–H groups in total. The van der Waals surface area contributed by atoms with Gasteiger partial charge in [0.2, 0.25) is 0 Å². The van der Waals surface area contributed by atoms with Gasteiger partial charge in [-0.1, -0.05) is 20.8 Å². The van der Waals surface area contributed by atoms with Crippen molar-refractivity contribution in [2.45, 2.75) is 77.5 Å². The molecule has 7 atom stereocenters. The summed E-state index contributed by atoms with van der Waals surface area (Å²) < 4.78 is 42.2. The first kappa shape index (κ1) is 19.9. The molecule has 0 bridgehead atoms. The molecule has 3 unspecified atom stereocenters. The van der Waals surface area contributed by atoms with Gasteiger partial charge in [0, 0.05) is 11.8 Å². The standard InChI is InChI=1S/C21H28BrF3O2/c1-11-10-14-17(22)15(26)6-7-18(14,2)12-4-8-19(3)13(16(11)12)5-9-20(19,27)21(23,24)25/h11-13,16,27H,4-10H2,1-3H3/t11-,12?,13?,16?,18+,19-,20-/m0/s1. The number of hydrogen-bond donors (Lipinski definition) is 1. The van der Waals surface area contributed by atoms with E-state index >= 15 is 0 Å². The highest BCUT2D eigenvalue weighted by atomic mass is 79.9. The third kappa shape index (κ3) is 2.38. The van der Waals surface area contributed by atoms with E-state index in [1.165, 1.54) is 5.57 Å². The minimum absolute atomic E-state index is 0.118. The first-order valence-electron chi connectivity index (χ1n) is 10.1. The monoisotopic (exact) mass is 448 g/mol. The Balaban J connectivity index is 1.76. The van der Waals surface area contributed by atoms with Gasteiger partial charge in [-0.15, -0.1) is 0 Å². The molecule has 0 aromatic heterocycles. The molecule has 6 heteroatoms. The van der Waals surface area contributed by atoms with E-state index in [1.54, 1.807) is 6.92 Å². The summed E-state index contributed by atoms with van der Waals surface area (Å²) in [7, 11) is 0. The normalized spacial score (nSPS) is 50.3. The second kappa shape index (κ2) is 5.84. The fraction of sp³-hybridized carbons (Fsp3) is 0.857. The largest absolute Gasteiger partial charge is 0.417 e. The van der Waals surface area contributed by atoms with E-state index < -0.39 is 17.2 Å². The minimum Gasteiger partial charge on any atom is -0.380 e. The zero-order chi connectivity index (χ0) is 20.0. The summed E-state index contributed by atoms with van der Waals surface area (Å²) in [5, 5.41) is 10.7. The number of alkyl halides is 3. The summed E-state index contributed by atoms with van der Waals surface area (Å²) in [6.45, 7) is 6.02. The Kier molecular flexibility index (Phi) is 4.31. The van der Waals surface area contributed by atoms with Crippen LogP contribution in [0.5, 0.6) is 0 Å². The molecule has 0 spiro atoms. The average molecular weight is 449 g/mol. The van der Waals surface area contributed by atoms with Crippen molar-refractivity contribution in [2.75, 3.05) is 0 Å². The van der Waals surface area contributed by atoms with Crippen LogP contribution in [0.25, 0.3) is 0 Å². The van der Waals surface area contributed by atoms with Gasteiger partial charge in [0.1, 0.15) is 0 Å². The Hall–Kier alpha value is -0.360. The van der Waals surface area contributed by atoms with Crippen molar-refractivity contribution < 1.29 is 23.1 Å². The molecule has 27 heavy (non-hydrogen) atoms. The number of carbonyl (C=O) groups is 1. The Morgan fingerprint density at radius 2 is 1.74 bits per heavy atom. The first-order chi connectivity index (χ1) is 12.4. The zero-order valence-corrected chi connectivity index (χ0v) is 17.7. The number of hydrogen-bond acceptors (Lipinski definition) is 2. The van der Waals surface area contributed by atoms with Gasteiger partial charge in [0.25, 0.3) is 0 Å². The van der Waals surface area contributed by atoms with Gasteiger partial charge < -0.3 is 5.11 Å². The second-order valence-corrected chi connectivity index (χ2v) is 10.8. The van der Waals surface area contributed by atoms with Crippen molar-refractivity contribution in [3.8, 4) is 0 Å². The van der Waals surface area contributed by atoms with Crippen molar-refractivity contribution in [3.05, 3.63) is 10.1 Å². The number of rotatable bonds is 0. The summed E-state index contributed by atoms with van der Waals surface area (Å²) in [4.78, 5) is 12.2. The molecule has 0 aromatic carbocycles. The van der Waals surface area contributed by atoms with Crippen LogP contribution in [0.15, 0.2) is 10.1 Å². The summed E-state index contributed by atoms with van der Waals surface area (Å²) >= 11 is 3.53. The number of aliphatic hydroxyl groups is 1. The van der Waals surface area contributed by atoms with E-state index in [9.17, 15) is 23.1 Å². The third-order valence-electron chi connectivity index (χ3n) is 9.03. The number of allylic oxidation sites excluding steroid dienone is 1. The van der Waals surface area contributed by atoms with Crippen LogP contribution in [0.2, 0.25) is 0 Å². The molecule has 0 aliphatic heterocycles. The van der Waals surface area contributed by atoms with Crippen LogP contribution in [0, 0.1) is 34.5 Å². The average Bonchev–Trinajstić information content (AvgIpc) is 2.86. The Labute approximate surface area is 167 Å². The fourth-order valence-electron chi connectivity index (χ4n) is 7.46. The zero-order valence-electron chi connectivity index (χ0n) is 16.1. The highest BCUT2D eigenvalue weighted by Crippen LogP contribution is 2.71. The van der Waals surface area contributed by atoms with Crippen LogP contribution < -0.4 is 0 Å². The maximum Gasteiger partial charge on any atom is 0.417 e. The van der Waals surface area contributed by atoms with E-state index in [-0.39, 0.29) is 41.3 Å². The number of fused-ring (bicyclic) bond motifs is 5. The lowest BCUT2D eigenvalue weighted by Gasteiger charge is -2.61. The summed E-state index contributed by atoms with van der Waals surface area (Å²) in [5.41, 5.74) is -2.63. The van der Waals surface area contributed by atoms with Crippen molar-refractivity contribution in [3.63, 3.8) is 0 Å². The number of halogens is 4. The molecule has 0 amide bonds. The van der Waals surface area contributed by atoms with E-state index in [4.69, 9.17) is 0 Å². The van der Waals surface area contributed by atoms with Crippen LogP contribution in [0.1, 0.15) is 65.7 Å². The Bertz CT molecular complexity index is 717. The van der Waals surface area contributed by atoms with E-state index in [0.29, 0.717) is 30.2 Å². The van der Waals surface area contributed by atoms with Gasteiger partial charge in [-0.3, -0.25) is 4.79 Å². The molecule has 0 aromatic rings. The van der Waals surface area contributed by atoms with Crippen LogP contribution in [0.4, 0.5) is 13.2 Å². The van der Waals surface area contributed by atoms with E-state index in [2.05, 4.69) is 29.8 Å². The van der Waals surface area contributed by atoms with Crippen LogP contribution in [-0.4, -0.2) is 22.7 Å². The van der Waals surface area contributed by atoms with E-state index in [0.717, 1.165) is 12.8 Å². The van der Waals surface area contributed by atoms with Crippen LogP contribution >= 0.6 is 15.9 Å². The molecular formula is C21H28BrF3O2. The lowest BCUT2D eigenvalue weighted by molar-refractivity contribution is -0.304. The first-order valence-corrected chi connectivity index (χ1v) is 10.9. The van der Waals surface area contributed by atoms with Crippen molar-refractivity contribution in [1.29, 1.82) is 0 Å². The maximum atomic E-state index is 13.8. The van der Waals surface area contributed by atoms with Gasteiger partial charge in [-0.25, -0.2) is 0 Å². The topological polar surface area (TPSA) is 37.3 Å². The summed E-state index contributed by atoms with van der Waals surface area (Å²) in [5.74, 6) is 0.707. The highest BCUT2D eigenvalue weighted by molar-refractivity contribution is 9.12. The predicted molar refractivity (Wildman–Crippen MR) is 100 cm³/mol. The van der Waals surface area contributed by atoms with Crippen molar-refractivity contribution in [2.24, 2.45) is 34.5 Å². The predicted octanol–water partition coefficient (Wildman–Crippen LogP) is 5.78. The Morgan fingerprint density at radius 3 is 2.37 bits per heavy atom. The third-order valence-corrected chi connectivity index (χ3v) is 9.95. The van der Waals surface area contributed by atoms with Gasteiger partial charge in [-0.05, 0) is 89.1 Å². The molecule has 4 rings (SSSR count). The van der Waals surface area contributed by atoms with Crippen LogP contribution in [-0.2, 0) is 4.79 Å². The van der Waals surface area contributed by atoms with Gasteiger partial charge in [0.15, 0.2) is 11.4 Å². The second-order valence-electron chi connectivity index (χ2n) is 9.96. The quantitative estimate of drug-likeness (QED) is 0.509. The molecule has 3 fully saturated rings. The lowest BCUT2D eigenvalue weighted by atomic mass is 9.44. The van der Waals surface area contributed by atoms with Crippen molar-refractivity contribution in [1.82, 2.24) is 0 Å². The van der Waals surface area contributed by atoms with Crippen LogP contribution in [0.3, 0.4) is 0 Å². The minimum atomic E-state index is -4.59. The molecular weight excluding hydrogens is 421 g/mol. The number of Topliss-reactive ketones (excluding diaryl/α,β-unsaturated/α-hetero) is 1. The number of ketones is 1. The SMILES string of the molecule is C[C@H]1CC2=C(Br)C(=O)CC[C@]2(C)C2CC[C@@]3(C)C(CC[C@@]3(O)C(F)(F)F)C21. The molecule has 0 radical (unpaired) electrons. The van der Waals surface area contributed by atoms with Gasteiger partial charge >= 0.3 is 6.18 Å². The molecule has 0 heterocycles. The highest BCUT2D eigenvalue weighted by Gasteiger charge is 2.73. The Morgan fingerprint density at radius 1 is 1.11 bits per heavy atom. The van der Waals surface area contributed by atoms with Crippen molar-refractivity contribution >= 4 is 21.7 Å². The molecule has 4 aliphatic rings. The van der Waals surface area contributed by atoms with E-state index in [1.807, 2.05) is 0 Å².